The van der Waals surface area contributed by atoms with Gasteiger partial charge in [-0.1, -0.05) is 11.8 Å². The lowest BCUT2D eigenvalue weighted by Crippen LogP contribution is -2.41. The minimum absolute atomic E-state index is 0.0459. The van der Waals surface area contributed by atoms with E-state index in [0.717, 1.165) is 12.8 Å². The SMILES string of the molecule is COCC#CCC(NS(=O)(=O)c1ccc(NC(=O)N2CCCC2)cc1)C(=O)OC. The summed E-state index contributed by atoms with van der Waals surface area (Å²) in [4.78, 5) is 25.7. The Morgan fingerprint density at radius 2 is 1.79 bits per heavy atom. The van der Waals surface area contributed by atoms with Crippen molar-refractivity contribution in [2.45, 2.75) is 30.2 Å². The lowest BCUT2D eigenvalue weighted by Gasteiger charge is -2.17. The Bertz CT molecular complexity index is 867. The molecule has 1 fully saturated rings. The van der Waals surface area contributed by atoms with Crippen LogP contribution in [-0.2, 0) is 24.3 Å². The predicted octanol–water partition coefficient (Wildman–Crippen LogP) is 1.17. The van der Waals surface area contributed by atoms with Crippen LogP contribution in [0.4, 0.5) is 10.5 Å². The van der Waals surface area contributed by atoms with Gasteiger partial charge in [-0.15, -0.1) is 0 Å². The molecule has 0 radical (unpaired) electrons. The molecule has 2 N–H and O–H groups in total. The molecule has 1 heterocycles. The molecule has 29 heavy (non-hydrogen) atoms. The van der Waals surface area contributed by atoms with Crippen molar-refractivity contribution >= 4 is 27.7 Å². The summed E-state index contributed by atoms with van der Waals surface area (Å²) in [5.74, 6) is 4.60. The summed E-state index contributed by atoms with van der Waals surface area (Å²) in [5.41, 5.74) is 0.482. The van der Waals surface area contributed by atoms with Gasteiger partial charge < -0.3 is 19.7 Å². The first kappa shape index (κ1) is 22.7. The molecule has 0 aliphatic carbocycles. The van der Waals surface area contributed by atoms with Crippen LogP contribution in [0.1, 0.15) is 19.3 Å². The monoisotopic (exact) mass is 423 g/mol. The minimum atomic E-state index is -3.99. The number of hydrogen-bond acceptors (Lipinski definition) is 6. The Balaban J connectivity index is 2.05. The summed E-state index contributed by atoms with van der Waals surface area (Å²) in [6.45, 7) is 1.60. The number of rotatable bonds is 7. The van der Waals surface area contributed by atoms with E-state index in [1.807, 2.05) is 0 Å². The minimum Gasteiger partial charge on any atom is -0.468 e. The number of ether oxygens (including phenoxy) is 2. The van der Waals surface area contributed by atoms with Gasteiger partial charge in [-0.05, 0) is 37.1 Å². The Morgan fingerprint density at radius 3 is 2.38 bits per heavy atom. The number of benzene rings is 1. The highest BCUT2D eigenvalue weighted by Gasteiger charge is 2.26. The maximum atomic E-state index is 12.6. The molecule has 9 nitrogen and oxygen atoms in total. The molecular formula is C19H25N3O6S. The van der Waals surface area contributed by atoms with Crippen LogP contribution in [-0.4, -0.2) is 65.3 Å². The summed E-state index contributed by atoms with van der Waals surface area (Å²) in [6.07, 6.45) is 1.90. The summed E-state index contributed by atoms with van der Waals surface area (Å²) >= 11 is 0. The number of sulfonamides is 1. The van der Waals surface area contributed by atoms with E-state index in [1.165, 1.54) is 38.5 Å². The summed E-state index contributed by atoms with van der Waals surface area (Å²) < 4.78 is 37.0. The molecule has 158 valence electrons. The van der Waals surface area contributed by atoms with Gasteiger partial charge in [0, 0.05) is 32.3 Å². The number of esters is 1. The summed E-state index contributed by atoms with van der Waals surface area (Å²) in [6, 6.07) is 4.34. The number of nitrogens with zero attached hydrogens (tertiary/aromatic N) is 1. The van der Waals surface area contributed by atoms with Crippen molar-refractivity contribution in [3.05, 3.63) is 24.3 Å². The fourth-order valence-corrected chi connectivity index (χ4v) is 3.89. The topological polar surface area (TPSA) is 114 Å². The molecular weight excluding hydrogens is 398 g/mol. The van der Waals surface area contributed by atoms with E-state index in [1.54, 1.807) is 4.90 Å². The molecule has 1 aromatic rings. The van der Waals surface area contributed by atoms with Crippen LogP contribution in [0.25, 0.3) is 0 Å². The number of nitrogens with one attached hydrogen (secondary N) is 2. The smallest absolute Gasteiger partial charge is 0.324 e. The lowest BCUT2D eigenvalue weighted by molar-refractivity contribution is -0.142. The quantitative estimate of drug-likeness (QED) is 0.503. The van der Waals surface area contributed by atoms with E-state index in [9.17, 15) is 18.0 Å². The van der Waals surface area contributed by atoms with Crippen LogP contribution in [0.15, 0.2) is 29.2 Å². The number of anilines is 1. The first-order valence-electron chi connectivity index (χ1n) is 9.08. The van der Waals surface area contributed by atoms with E-state index in [0.29, 0.717) is 18.8 Å². The van der Waals surface area contributed by atoms with Crippen molar-refractivity contribution in [2.24, 2.45) is 0 Å². The van der Waals surface area contributed by atoms with Crippen molar-refractivity contribution in [3.63, 3.8) is 0 Å². The number of urea groups is 1. The predicted molar refractivity (Wildman–Crippen MR) is 107 cm³/mol. The first-order chi connectivity index (χ1) is 13.9. The largest absolute Gasteiger partial charge is 0.468 e. The third-order valence-corrected chi connectivity index (χ3v) is 5.73. The molecule has 1 unspecified atom stereocenters. The Morgan fingerprint density at radius 1 is 1.14 bits per heavy atom. The van der Waals surface area contributed by atoms with Crippen LogP contribution in [0, 0.1) is 11.8 Å². The molecule has 2 amide bonds. The van der Waals surface area contributed by atoms with Crippen LogP contribution in [0.2, 0.25) is 0 Å². The fourth-order valence-electron chi connectivity index (χ4n) is 2.71. The Labute approximate surface area is 170 Å². The fraction of sp³-hybridized carbons (Fsp3) is 0.474. The molecule has 2 rings (SSSR count). The van der Waals surface area contributed by atoms with Gasteiger partial charge in [0.15, 0.2) is 0 Å². The molecule has 1 atom stereocenters. The molecule has 0 spiro atoms. The van der Waals surface area contributed by atoms with Crippen LogP contribution >= 0.6 is 0 Å². The third kappa shape index (κ3) is 6.74. The molecule has 0 bridgehead atoms. The maximum absolute atomic E-state index is 12.6. The number of carbonyl (C=O) groups is 2. The highest BCUT2D eigenvalue weighted by atomic mass is 32.2. The summed E-state index contributed by atoms with van der Waals surface area (Å²) in [5, 5.41) is 2.74. The van der Waals surface area contributed by atoms with Crippen LogP contribution in [0.5, 0.6) is 0 Å². The second-order valence-electron chi connectivity index (χ2n) is 6.34. The molecule has 10 heteroatoms. The van der Waals surface area contributed by atoms with Gasteiger partial charge in [0.1, 0.15) is 12.6 Å². The van der Waals surface area contributed by atoms with Crippen molar-refractivity contribution in [1.82, 2.24) is 9.62 Å². The molecule has 0 saturated carbocycles. The van der Waals surface area contributed by atoms with Crippen LogP contribution in [0.3, 0.4) is 0 Å². The van der Waals surface area contributed by atoms with Gasteiger partial charge in [0.05, 0.1) is 12.0 Å². The zero-order valence-electron chi connectivity index (χ0n) is 16.4. The average molecular weight is 423 g/mol. The van der Waals surface area contributed by atoms with Crippen LogP contribution < -0.4 is 10.0 Å². The standard InChI is InChI=1S/C19H25N3O6S/c1-27-14-6-3-7-17(18(23)28-2)21-29(25,26)16-10-8-15(9-11-16)20-19(24)22-12-4-5-13-22/h8-11,17,21H,4-5,7,12-14H2,1-2H3,(H,20,24). The normalized spacial score (nSPS) is 14.6. The van der Waals surface area contributed by atoms with Gasteiger partial charge in [-0.3, -0.25) is 4.79 Å². The Kier molecular flexibility index (Phi) is 8.45. The second-order valence-corrected chi connectivity index (χ2v) is 8.05. The molecule has 0 aromatic heterocycles. The molecule has 1 aromatic carbocycles. The third-order valence-electron chi connectivity index (χ3n) is 4.24. The van der Waals surface area contributed by atoms with Crippen molar-refractivity contribution < 1.29 is 27.5 Å². The van der Waals surface area contributed by atoms with Crippen molar-refractivity contribution in [1.29, 1.82) is 0 Å². The van der Waals surface area contributed by atoms with E-state index < -0.39 is 22.0 Å². The molecule has 1 saturated heterocycles. The number of amides is 2. The Hall–Kier alpha value is -2.61. The van der Waals surface area contributed by atoms with Crippen molar-refractivity contribution in [3.8, 4) is 11.8 Å². The van der Waals surface area contributed by atoms with Gasteiger partial charge in [-0.2, -0.15) is 4.72 Å². The van der Waals surface area contributed by atoms with Gasteiger partial charge in [0.2, 0.25) is 10.0 Å². The number of hydrogen-bond donors (Lipinski definition) is 2. The zero-order chi connectivity index (χ0) is 21.3. The number of likely N-dealkylation sites (tertiary alicyclic amines) is 1. The van der Waals surface area contributed by atoms with Gasteiger partial charge in [0.25, 0.3) is 0 Å². The van der Waals surface area contributed by atoms with E-state index in [4.69, 9.17) is 4.74 Å². The highest BCUT2D eigenvalue weighted by Crippen LogP contribution is 2.16. The van der Waals surface area contributed by atoms with E-state index in [2.05, 4.69) is 26.6 Å². The van der Waals surface area contributed by atoms with Gasteiger partial charge in [-0.25, -0.2) is 13.2 Å². The van der Waals surface area contributed by atoms with Gasteiger partial charge >= 0.3 is 12.0 Å². The maximum Gasteiger partial charge on any atom is 0.324 e. The highest BCUT2D eigenvalue weighted by molar-refractivity contribution is 7.89. The molecule has 1 aliphatic rings. The first-order valence-corrected chi connectivity index (χ1v) is 10.6. The lowest BCUT2D eigenvalue weighted by atomic mass is 10.2. The molecule has 1 aliphatic heterocycles. The second kappa shape index (κ2) is 10.8. The van der Waals surface area contributed by atoms with E-state index in [-0.39, 0.29) is 24.0 Å². The zero-order valence-corrected chi connectivity index (χ0v) is 17.3. The number of carbonyl (C=O) groups excluding carboxylic acids is 2. The van der Waals surface area contributed by atoms with E-state index >= 15 is 0 Å². The number of methoxy groups -OCH3 is 2. The average Bonchev–Trinajstić information content (AvgIpc) is 3.25. The van der Waals surface area contributed by atoms with Crippen molar-refractivity contribution in [2.75, 3.05) is 39.2 Å². The summed E-state index contributed by atoms with van der Waals surface area (Å²) in [7, 11) is -1.34.